The molecule has 1 atom stereocenters. The zero-order chi connectivity index (χ0) is 23.0. The average molecular weight is 449 g/mol. The van der Waals surface area contributed by atoms with Crippen LogP contribution in [0.3, 0.4) is 0 Å². The molecule has 4 rings (SSSR count). The smallest absolute Gasteiger partial charge is 0.164 e. The van der Waals surface area contributed by atoms with E-state index >= 15 is 0 Å². The quantitative estimate of drug-likeness (QED) is 0.289. The van der Waals surface area contributed by atoms with Crippen molar-refractivity contribution in [2.75, 3.05) is 38.1 Å². The standard InChI is InChI=1S/C24H28N6O3/c1-31-18-9-11-20(12-10-18)33-19-7-5-16(6-8-19)22(25)21-23(27-15-28-24(21)30-32-2)29-17-4-3-13-26-14-17/h5-12,15,17,25-26H,3-4,13-14H2,1-2H3,(H2,27,28,29,30). The number of nitrogens with zero attached hydrogens (tertiary/aromatic N) is 2. The largest absolute Gasteiger partial charge is 0.497 e. The molecule has 0 aliphatic carbocycles. The van der Waals surface area contributed by atoms with Gasteiger partial charge in [-0.05, 0) is 67.9 Å². The summed E-state index contributed by atoms with van der Waals surface area (Å²) in [5, 5.41) is 15.8. The van der Waals surface area contributed by atoms with Gasteiger partial charge in [0.1, 0.15) is 29.4 Å². The molecule has 0 spiro atoms. The van der Waals surface area contributed by atoms with Crippen molar-refractivity contribution < 1.29 is 14.3 Å². The predicted octanol–water partition coefficient (Wildman–Crippen LogP) is 3.83. The fourth-order valence-corrected chi connectivity index (χ4v) is 3.69. The fraction of sp³-hybridized carbons (Fsp3) is 0.292. The summed E-state index contributed by atoms with van der Waals surface area (Å²) in [6.45, 7) is 1.87. The van der Waals surface area contributed by atoms with Gasteiger partial charge < -0.3 is 20.1 Å². The molecule has 0 bridgehead atoms. The highest BCUT2D eigenvalue weighted by atomic mass is 16.6. The number of rotatable bonds is 9. The van der Waals surface area contributed by atoms with Crippen LogP contribution in [0.1, 0.15) is 24.0 Å². The van der Waals surface area contributed by atoms with Crippen molar-refractivity contribution in [3.05, 3.63) is 66.0 Å². The summed E-state index contributed by atoms with van der Waals surface area (Å²) < 4.78 is 11.1. The number of nitrogens with one attached hydrogen (secondary N) is 4. The molecule has 9 nitrogen and oxygen atoms in total. The first-order chi connectivity index (χ1) is 16.2. The Hall–Kier alpha value is -3.69. The van der Waals surface area contributed by atoms with Crippen LogP contribution >= 0.6 is 0 Å². The summed E-state index contributed by atoms with van der Waals surface area (Å²) in [6, 6.07) is 15.0. The van der Waals surface area contributed by atoms with Crippen LogP contribution in [-0.2, 0) is 4.84 Å². The normalized spacial score (nSPS) is 15.5. The van der Waals surface area contributed by atoms with Crippen molar-refractivity contribution in [2.45, 2.75) is 18.9 Å². The van der Waals surface area contributed by atoms with Gasteiger partial charge in [-0.1, -0.05) is 0 Å². The lowest BCUT2D eigenvalue weighted by atomic mass is 10.0. The van der Waals surface area contributed by atoms with Gasteiger partial charge in [0.15, 0.2) is 5.82 Å². The molecule has 1 fully saturated rings. The van der Waals surface area contributed by atoms with Gasteiger partial charge in [-0.2, -0.15) is 0 Å². The van der Waals surface area contributed by atoms with E-state index in [1.807, 2.05) is 48.5 Å². The third kappa shape index (κ3) is 5.57. The summed E-state index contributed by atoms with van der Waals surface area (Å²) >= 11 is 0. The van der Waals surface area contributed by atoms with E-state index in [0.717, 1.165) is 31.7 Å². The molecule has 2 aromatic carbocycles. The second-order valence-electron chi connectivity index (χ2n) is 7.62. The van der Waals surface area contributed by atoms with E-state index in [2.05, 4.69) is 26.1 Å². The lowest BCUT2D eigenvalue weighted by Crippen LogP contribution is -2.39. The Bertz CT molecular complexity index is 1070. The molecule has 1 aliphatic heterocycles. The van der Waals surface area contributed by atoms with Crippen LogP contribution in [0, 0.1) is 5.41 Å². The topological polar surface area (TPSA) is 113 Å². The first-order valence-corrected chi connectivity index (χ1v) is 10.8. The number of aromatic nitrogens is 2. The van der Waals surface area contributed by atoms with Gasteiger partial charge in [0.2, 0.25) is 0 Å². The molecule has 4 N–H and O–H groups in total. The number of anilines is 2. The van der Waals surface area contributed by atoms with Crippen molar-refractivity contribution in [1.82, 2.24) is 15.3 Å². The Morgan fingerprint density at radius 3 is 2.27 bits per heavy atom. The molecule has 0 amide bonds. The van der Waals surface area contributed by atoms with Crippen LogP contribution in [0.25, 0.3) is 0 Å². The molecule has 1 aromatic heterocycles. The Kier molecular flexibility index (Phi) is 7.33. The summed E-state index contributed by atoms with van der Waals surface area (Å²) in [6.07, 6.45) is 3.59. The second kappa shape index (κ2) is 10.8. The Morgan fingerprint density at radius 2 is 1.64 bits per heavy atom. The molecule has 9 heteroatoms. The van der Waals surface area contributed by atoms with Gasteiger partial charge in [-0.25, -0.2) is 15.4 Å². The molecule has 1 aliphatic rings. The Labute approximate surface area is 193 Å². The van der Waals surface area contributed by atoms with E-state index in [1.54, 1.807) is 7.11 Å². The third-order valence-corrected chi connectivity index (χ3v) is 5.37. The van der Waals surface area contributed by atoms with Gasteiger partial charge in [-0.15, -0.1) is 0 Å². The predicted molar refractivity (Wildman–Crippen MR) is 128 cm³/mol. The highest BCUT2D eigenvalue weighted by Crippen LogP contribution is 2.28. The minimum Gasteiger partial charge on any atom is -0.497 e. The van der Waals surface area contributed by atoms with Crippen molar-refractivity contribution in [3.8, 4) is 17.2 Å². The van der Waals surface area contributed by atoms with E-state index in [0.29, 0.717) is 34.3 Å². The maximum Gasteiger partial charge on any atom is 0.164 e. The number of hydrogen-bond donors (Lipinski definition) is 4. The van der Waals surface area contributed by atoms with E-state index in [-0.39, 0.29) is 11.8 Å². The molecule has 3 aromatic rings. The molecule has 2 heterocycles. The molecule has 1 saturated heterocycles. The SMILES string of the molecule is CONc1ncnc(NC2CCCNC2)c1C(=N)c1ccc(Oc2ccc(OC)cc2)cc1. The number of hydrogen-bond acceptors (Lipinski definition) is 9. The van der Waals surface area contributed by atoms with Crippen LogP contribution in [0.5, 0.6) is 17.2 Å². The van der Waals surface area contributed by atoms with Crippen molar-refractivity contribution >= 4 is 17.3 Å². The first kappa shape index (κ1) is 22.5. The summed E-state index contributed by atoms with van der Waals surface area (Å²) in [4.78, 5) is 13.8. The second-order valence-corrected chi connectivity index (χ2v) is 7.62. The monoisotopic (exact) mass is 448 g/mol. The minimum atomic E-state index is 0.232. The van der Waals surface area contributed by atoms with Gasteiger partial charge in [-0.3, -0.25) is 10.2 Å². The first-order valence-electron chi connectivity index (χ1n) is 10.8. The Morgan fingerprint density at radius 1 is 0.970 bits per heavy atom. The molecule has 1 unspecified atom stereocenters. The number of ether oxygens (including phenoxy) is 2. The van der Waals surface area contributed by atoms with Crippen LogP contribution < -0.4 is 25.6 Å². The zero-order valence-corrected chi connectivity index (χ0v) is 18.7. The lowest BCUT2D eigenvalue weighted by Gasteiger charge is -2.25. The van der Waals surface area contributed by atoms with Crippen molar-refractivity contribution in [3.63, 3.8) is 0 Å². The van der Waals surface area contributed by atoms with Crippen molar-refractivity contribution in [2.24, 2.45) is 0 Å². The van der Waals surface area contributed by atoms with E-state index < -0.39 is 0 Å². The molecule has 0 saturated carbocycles. The van der Waals surface area contributed by atoms with Gasteiger partial charge in [0, 0.05) is 18.2 Å². The highest BCUT2D eigenvalue weighted by molar-refractivity contribution is 6.16. The fourth-order valence-electron chi connectivity index (χ4n) is 3.69. The average Bonchev–Trinajstić information content (AvgIpc) is 2.86. The summed E-state index contributed by atoms with van der Waals surface area (Å²) in [7, 11) is 3.14. The number of piperidine rings is 1. The lowest BCUT2D eigenvalue weighted by molar-refractivity contribution is 0.269. The van der Waals surface area contributed by atoms with Crippen LogP contribution in [0.15, 0.2) is 54.9 Å². The molecule has 172 valence electrons. The minimum absolute atomic E-state index is 0.232. The van der Waals surface area contributed by atoms with Crippen molar-refractivity contribution in [1.29, 1.82) is 5.41 Å². The number of methoxy groups -OCH3 is 1. The van der Waals surface area contributed by atoms with Gasteiger partial charge >= 0.3 is 0 Å². The van der Waals surface area contributed by atoms with Gasteiger partial charge in [0.25, 0.3) is 0 Å². The highest BCUT2D eigenvalue weighted by Gasteiger charge is 2.21. The van der Waals surface area contributed by atoms with Gasteiger partial charge in [0.05, 0.1) is 25.5 Å². The maximum atomic E-state index is 8.90. The zero-order valence-electron chi connectivity index (χ0n) is 18.7. The van der Waals surface area contributed by atoms with E-state index in [9.17, 15) is 0 Å². The molecular formula is C24H28N6O3. The molecular weight excluding hydrogens is 420 g/mol. The Balaban J connectivity index is 1.55. The molecule has 33 heavy (non-hydrogen) atoms. The summed E-state index contributed by atoms with van der Waals surface area (Å²) in [5.74, 6) is 3.17. The van der Waals surface area contributed by atoms with Crippen LogP contribution in [0.2, 0.25) is 0 Å². The molecule has 0 radical (unpaired) electrons. The van der Waals surface area contributed by atoms with Crippen LogP contribution in [0.4, 0.5) is 11.6 Å². The third-order valence-electron chi connectivity index (χ3n) is 5.37. The van der Waals surface area contributed by atoms with E-state index in [4.69, 9.17) is 19.7 Å². The van der Waals surface area contributed by atoms with E-state index in [1.165, 1.54) is 13.4 Å². The number of benzene rings is 2. The maximum absolute atomic E-state index is 8.90. The van der Waals surface area contributed by atoms with Crippen LogP contribution in [-0.4, -0.2) is 49.0 Å². The summed E-state index contributed by atoms with van der Waals surface area (Å²) in [5.41, 5.74) is 4.30.